The summed E-state index contributed by atoms with van der Waals surface area (Å²) in [6.07, 6.45) is 0. The predicted octanol–water partition coefficient (Wildman–Crippen LogP) is 1.49. The van der Waals surface area contributed by atoms with Crippen molar-refractivity contribution in [3.63, 3.8) is 0 Å². The zero-order chi connectivity index (χ0) is 9.80. The van der Waals surface area contributed by atoms with Gasteiger partial charge in [-0.3, -0.25) is 5.43 Å². The summed E-state index contributed by atoms with van der Waals surface area (Å²) in [6, 6.07) is 9.92. The van der Waals surface area contributed by atoms with Crippen LogP contribution in [0.25, 0.3) is 0 Å². The van der Waals surface area contributed by atoms with E-state index in [1.54, 1.807) is 0 Å². The van der Waals surface area contributed by atoms with E-state index in [0.29, 0.717) is 6.54 Å². The number of benzene rings is 1. The second-order valence-corrected chi connectivity index (χ2v) is 3.01. The number of tetrazole rings is 1. The number of aromatic nitrogens is 4. The molecule has 0 radical (unpaired) electrons. The SMILES string of the molecule is Cl.Clc1nnn(NCc2ccccc2)n1. The number of rotatable bonds is 3. The monoisotopic (exact) mass is 245 g/mol. The van der Waals surface area contributed by atoms with Crippen LogP contribution in [0.15, 0.2) is 30.3 Å². The van der Waals surface area contributed by atoms with E-state index in [1.807, 2.05) is 30.3 Å². The van der Waals surface area contributed by atoms with Crippen LogP contribution in [0.1, 0.15) is 5.56 Å². The van der Waals surface area contributed by atoms with Crippen molar-refractivity contribution >= 4 is 24.0 Å². The topological polar surface area (TPSA) is 55.6 Å². The smallest absolute Gasteiger partial charge is 0.266 e. The van der Waals surface area contributed by atoms with Gasteiger partial charge in [-0.1, -0.05) is 45.4 Å². The molecule has 1 aromatic carbocycles. The van der Waals surface area contributed by atoms with Crippen LogP contribution in [-0.2, 0) is 6.54 Å². The molecule has 7 heteroatoms. The number of nitrogens with zero attached hydrogens (tertiary/aromatic N) is 4. The van der Waals surface area contributed by atoms with Gasteiger partial charge in [0.25, 0.3) is 5.28 Å². The highest BCUT2D eigenvalue weighted by Crippen LogP contribution is 1.98. The summed E-state index contributed by atoms with van der Waals surface area (Å²) < 4.78 is 0. The van der Waals surface area contributed by atoms with Crippen LogP contribution < -0.4 is 5.43 Å². The summed E-state index contributed by atoms with van der Waals surface area (Å²) in [5, 5.41) is 11.1. The molecule has 0 unspecified atom stereocenters. The Morgan fingerprint density at radius 3 is 2.60 bits per heavy atom. The molecule has 1 aromatic heterocycles. The van der Waals surface area contributed by atoms with Crippen molar-refractivity contribution in [1.82, 2.24) is 20.3 Å². The maximum Gasteiger partial charge on any atom is 0.266 e. The molecule has 15 heavy (non-hydrogen) atoms. The van der Waals surface area contributed by atoms with Crippen molar-refractivity contribution in [1.29, 1.82) is 0 Å². The number of hydrogen-bond acceptors (Lipinski definition) is 4. The Morgan fingerprint density at radius 1 is 1.27 bits per heavy atom. The summed E-state index contributed by atoms with van der Waals surface area (Å²) >= 11 is 5.50. The highest BCUT2D eigenvalue weighted by molar-refractivity contribution is 6.28. The minimum atomic E-state index is 0. The Morgan fingerprint density at radius 2 is 2.00 bits per heavy atom. The van der Waals surface area contributed by atoms with Gasteiger partial charge in [-0.15, -0.1) is 12.4 Å². The molecule has 0 atom stereocenters. The molecule has 2 aromatic rings. The fraction of sp³-hybridized carbons (Fsp3) is 0.125. The molecular weight excluding hydrogens is 237 g/mol. The van der Waals surface area contributed by atoms with E-state index in [1.165, 1.54) is 4.91 Å². The molecular formula is C8H9Cl2N5. The molecule has 0 saturated carbocycles. The van der Waals surface area contributed by atoms with Gasteiger partial charge in [0.2, 0.25) is 0 Å². The fourth-order valence-electron chi connectivity index (χ4n) is 1.02. The van der Waals surface area contributed by atoms with Crippen molar-refractivity contribution in [3.05, 3.63) is 41.2 Å². The van der Waals surface area contributed by atoms with Gasteiger partial charge in [0.1, 0.15) is 0 Å². The molecule has 0 aliphatic heterocycles. The molecule has 1 N–H and O–H groups in total. The van der Waals surface area contributed by atoms with E-state index < -0.39 is 0 Å². The summed E-state index contributed by atoms with van der Waals surface area (Å²) in [4.78, 5) is 1.25. The van der Waals surface area contributed by atoms with Crippen LogP contribution in [-0.4, -0.2) is 20.3 Å². The van der Waals surface area contributed by atoms with Gasteiger partial charge in [-0.2, -0.15) is 0 Å². The van der Waals surface area contributed by atoms with E-state index in [2.05, 4.69) is 20.8 Å². The Labute approximate surface area is 97.8 Å². The molecule has 0 bridgehead atoms. The second kappa shape index (κ2) is 5.53. The molecule has 0 amide bonds. The summed E-state index contributed by atoms with van der Waals surface area (Å²) in [6.45, 7) is 0.632. The van der Waals surface area contributed by atoms with E-state index in [9.17, 15) is 0 Å². The third kappa shape index (κ3) is 3.38. The largest absolute Gasteiger partial charge is 0.287 e. The standard InChI is InChI=1S/C8H8ClN5.ClH/c9-8-11-13-14(12-8)10-6-7-4-2-1-3-5-7;/h1-5,10H,6H2;1H. The van der Waals surface area contributed by atoms with Crippen LogP contribution in [0.4, 0.5) is 0 Å². The first kappa shape index (κ1) is 11.7. The lowest BCUT2D eigenvalue weighted by Gasteiger charge is -2.02. The van der Waals surface area contributed by atoms with Crippen LogP contribution >= 0.6 is 24.0 Å². The fourth-order valence-corrected chi connectivity index (χ4v) is 1.13. The van der Waals surface area contributed by atoms with E-state index >= 15 is 0 Å². The maximum absolute atomic E-state index is 5.50. The average molecular weight is 246 g/mol. The molecule has 0 saturated heterocycles. The van der Waals surface area contributed by atoms with Gasteiger partial charge in [-0.05, 0) is 22.4 Å². The molecule has 0 fully saturated rings. The zero-order valence-corrected chi connectivity index (χ0v) is 9.24. The first-order valence-corrected chi connectivity index (χ1v) is 4.46. The third-order valence-corrected chi connectivity index (χ3v) is 1.81. The van der Waals surface area contributed by atoms with Gasteiger partial charge in [0, 0.05) is 0 Å². The molecule has 5 nitrogen and oxygen atoms in total. The van der Waals surface area contributed by atoms with Crippen LogP contribution in [0, 0.1) is 0 Å². The average Bonchev–Trinajstić information content (AvgIpc) is 2.63. The maximum atomic E-state index is 5.50. The van der Waals surface area contributed by atoms with Crippen molar-refractivity contribution in [2.24, 2.45) is 0 Å². The lowest BCUT2D eigenvalue weighted by Crippen LogP contribution is -2.17. The Balaban J connectivity index is 0.00000112. The quantitative estimate of drug-likeness (QED) is 0.891. The van der Waals surface area contributed by atoms with Gasteiger partial charge in [-0.25, -0.2) is 0 Å². The minimum Gasteiger partial charge on any atom is -0.287 e. The molecule has 0 aliphatic carbocycles. The van der Waals surface area contributed by atoms with Gasteiger partial charge in [0.05, 0.1) is 6.54 Å². The highest BCUT2D eigenvalue weighted by atomic mass is 35.5. The minimum absolute atomic E-state index is 0. The predicted molar refractivity (Wildman–Crippen MR) is 59.6 cm³/mol. The molecule has 2 rings (SSSR count). The third-order valence-electron chi connectivity index (χ3n) is 1.66. The Bertz CT molecular complexity index is 402. The normalized spacial score (nSPS) is 9.40. The molecule has 0 spiro atoms. The summed E-state index contributed by atoms with van der Waals surface area (Å²) in [5.74, 6) is 0. The number of nitrogens with one attached hydrogen (secondary N) is 1. The van der Waals surface area contributed by atoms with Gasteiger partial charge >= 0.3 is 0 Å². The lowest BCUT2D eigenvalue weighted by atomic mass is 10.2. The lowest BCUT2D eigenvalue weighted by molar-refractivity contribution is 0.614. The van der Waals surface area contributed by atoms with Crippen LogP contribution in [0.3, 0.4) is 0 Å². The highest BCUT2D eigenvalue weighted by Gasteiger charge is 1.97. The number of hydrogen-bond donors (Lipinski definition) is 1. The van der Waals surface area contributed by atoms with E-state index in [-0.39, 0.29) is 17.7 Å². The van der Waals surface area contributed by atoms with Crippen molar-refractivity contribution in [2.75, 3.05) is 5.43 Å². The zero-order valence-electron chi connectivity index (χ0n) is 7.67. The number of halogens is 2. The van der Waals surface area contributed by atoms with Gasteiger partial charge in [0.15, 0.2) is 0 Å². The molecule has 0 aliphatic rings. The van der Waals surface area contributed by atoms with Crippen LogP contribution in [0.5, 0.6) is 0 Å². The Kier molecular flexibility index (Phi) is 4.33. The van der Waals surface area contributed by atoms with Crippen LogP contribution in [0.2, 0.25) is 5.28 Å². The first-order valence-electron chi connectivity index (χ1n) is 4.08. The van der Waals surface area contributed by atoms with Gasteiger partial charge < -0.3 is 0 Å². The molecule has 80 valence electrons. The first-order chi connectivity index (χ1) is 6.84. The van der Waals surface area contributed by atoms with Crippen molar-refractivity contribution < 1.29 is 0 Å². The second-order valence-electron chi connectivity index (χ2n) is 2.67. The van der Waals surface area contributed by atoms with Crippen molar-refractivity contribution in [2.45, 2.75) is 6.54 Å². The van der Waals surface area contributed by atoms with Crippen molar-refractivity contribution in [3.8, 4) is 0 Å². The summed E-state index contributed by atoms with van der Waals surface area (Å²) in [5.41, 5.74) is 4.07. The van der Waals surface area contributed by atoms with E-state index in [0.717, 1.165) is 5.56 Å². The summed E-state index contributed by atoms with van der Waals surface area (Å²) in [7, 11) is 0. The Hall–Kier alpha value is -1.33. The van der Waals surface area contributed by atoms with E-state index in [4.69, 9.17) is 11.6 Å². The molecule has 1 heterocycles.